The zero-order valence-corrected chi connectivity index (χ0v) is 12.3. The van der Waals surface area contributed by atoms with E-state index in [1.807, 2.05) is 26.0 Å². The van der Waals surface area contributed by atoms with Crippen molar-refractivity contribution in [2.75, 3.05) is 6.61 Å². The van der Waals surface area contributed by atoms with Crippen molar-refractivity contribution in [2.24, 2.45) is 5.73 Å². The smallest absolute Gasteiger partial charge is 0.223 e. The van der Waals surface area contributed by atoms with Gasteiger partial charge in [-0.15, -0.1) is 0 Å². The highest BCUT2D eigenvalue weighted by Crippen LogP contribution is 2.30. The molecule has 2 rings (SSSR count). The molecule has 0 unspecified atom stereocenters. The maximum atomic E-state index is 11.5. The van der Waals surface area contributed by atoms with Gasteiger partial charge in [-0.25, -0.2) is 0 Å². The summed E-state index contributed by atoms with van der Waals surface area (Å²) >= 11 is 0. The normalized spacial score (nSPS) is 17.7. The van der Waals surface area contributed by atoms with Crippen LogP contribution in [0.3, 0.4) is 0 Å². The maximum absolute atomic E-state index is 11.5. The third-order valence-electron chi connectivity index (χ3n) is 3.53. The minimum atomic E-state index is 0.0228. The second kappa shape index (κ2) is 6.75. The van der Waals surface area contributed by atoms with Crippen molar-refractivity contribution in [3.63, 3.8) is 0 Å². The highest BCUT2D eigenvalue weighted by atomic mass is 16.5. The zero-order valence-electron chi connectivity index (χ0n) is 12.3. The lowest BCUT2D eigenvalue weighted by molar-refractivity contribution is -0.122. The zero-order chi connectivity index (χ0) is 14.5. The van der Waals surface area contributed by atoms with Crippen LogP contribution in [0.25, 0.3) is 0 Å². The molecule has 1 amide bonds. The van der Waals surface area contributed by atoms with Gasteiger partial charge in [-0.3, -0.25) is 4.79 Å². The molecule has 0 fully saturated rings. The first-order chi connectivity index (χ1) is 9.56. The molecule has 0 bridgehead atoms. The van der Waals surface area contributed by atoms with E-state index >= 15 is 0 Å². The number of hydrogen-bond donors (Lipinski definition) is 2. The second-order valence-corrected chi connectivity index (χ2v) is 5.68. The van der Waals surface area contributed by atoms with E-state index in [0.717, 1.165) is 25.0 Å². The third-order valence-corrected chi connectivity index (χ3v) is 3.53. The van der Waals surface area contributed by atoms with Crippen LogP contribution >= 0.6 is 0 Å². The van der Waals surface area contributed by atoms with E-state index in [2.05, 4.69) is 11.4 Å². The van der Waals surface area contributed by atoms with Crippen LogP contribution < -0.4 is 15.8 Å². The summed E-state index contributed by atoms with van der Waals surface area (Å²) in [5.41, 5.74) is 8.65. The Morgan fingerprint density at radius 3 is 3.05 bits per heavy atom. The molecule has 0 radical (unpaired) electrons. The number of benzene rings is 1. The molecule has 1 aromatic rings. The van der Waals surface area contributed by atoms with E-state index in [9.17, 15) is 4.79 Å². The fourth-order valence-electron chi connectivity index (χ4n) is 2.56. The van der Waals surface area contributed by atoms with Crippen LogP contribution in [-0.2, 0) is 11.2 Å². The van der Waals surface area contributed by atoms with Gasteiger partial charge in [-0.1, -0.05) is 6.07 Å². The molecule has 0 heterocycles. The van der Waals surface area contributed by atoms with E-state index in [1.165, 1.54) is 11.1 Å². The van der Waals surface area contributed by atoms with Crippen molar-refractivity contribution in [3.05, 3.63) is 29.3 Å². The number of nitrogens with one attached hydrogen (secondary N) is 1. The average Bonchev–Trinajstić information content (AvgIpc) is 2.39. The summed E-state index contributed by atoms with van der Waals surface area (Å²) in [6.07, 6.45) is 3.67. The van der Waals surface area contributed by atoms with Gasteiger partial charge in [0.05, 0.1) is 13.0 Å². The van der Waals surface area contributed by atoms with Gasteiger partial charge < -0.3 is 15.8 Å². The number of amides is 1. The number of fused-ring (bicyclic) bond motifs is 1. The number of aryl methyl sites for hydroxylation is 1. The van der Waals surface area contributed by atoms with Gasteiger partial charge >= 0.3 is 0 Å². The quantitative estimate of drug-likeness (QED) is 0.867. The van der Waals surface area contributed by atoms with Crippen LogP contribution in [0.4, 0.5) is 0 Å². The molecule has 0 aromatic heterocycles. The lowest BCUT2D eigenvalue weighted by Crippen LogP contribution is -2.31. The molecule has 0 saturated carbocycles. The monoisotopic (exact) mass is 276 g/mol. The summed E-state index contributed by atoms with van der Waals surface area (Å²) in [6, 6.07) is 6.38. The van der Waals surface area contributed by atoms with E-state index in [-0.39, 0.29) is 18.0 Å². The van der Waals surface area contributed by atoms with Crippen LogP contribution in [0.5, 0.6) is 5.75 Å². The molecule has 1 aliphatic rings. The van der Waals surface area contributed by atoms with Crippen molar-refractivity contribution in [3.8, 4) is 5.75 Å². The Labute approximate surface area is 120 Å². The number of hydrogen-bond acceptors (Lipinski definition) is 3. The molecule has 0 saturated heterocycles. The molecule has 1 aromatic carbocycles. The predicted molar refractivity (Wildman–Crippen MR) is 79.7 cm³/mol. The molecule has 4 nitrogen and oxygen atoms in total. The summed E-state index contributed by atoms with van der Waals surface area (Å²) in [6.45, 7) is 4.29. The van der Waals surface area contributed by atoms with E-state index < -0.39 is 0 Å². The Hall–Kier alpha value is -1.55. The van der Waals surface area contributed by atoms with E-state index in [1.54, 1.807) is 0 Å². The van der Waals surface area contributed by atoms with Crippen molar-refractivity contribution in [1.29, 1.82) is 0 Å². The van der Waals surface area contributed by atoms with Gasteiger partial charge in [0.1, 0.15) is 5.75 Å². The standard InChI is InChI=1S/C16H24N2O2/c1-11(2)18-16(19)8-9-20-13-7-6-12-4-3-5-15(17)14(12)10-13/h6-7,10-11,15H,3-5,8-9,17H2,1-2H3,(H,18,19)/t15-/m0/s1. The van der Waals surface area contributed by atoms with Gasteiger partial charge in [0.25, 0.3) is 0 Å². The molecular weight excluding hydrogens is 252 g/mol. The first-order valence-corrected chi connectivity index (χ1v) is 7.37. The van der Waals surface area contributed by atoms with E-state index in [4.69, 9.17) is 10.5 Å². The van der Waals surface area contributed by atoms with Gasteiger partial charge in [-0.2, -0.15) is 0 Å². The highest BCUT2D eigenvalue weighted by molar-refractivity contribution is 5.76. The van der Waals surface area contributed by atoms with Gasteiger partial charge in [0, 0.05) is 12.1 Å². The average molecular weight is 276 g/mol. The second-order valence-electron chi connectivity index (χ2n) is 5.68. The lowest BCUT2D eigenvalue weighted by atomic mass is 9.88. The van der Waals surface area contributed by atoms with Crippen LogP contribution in [0, 0.1) is 0 Å². The van der Waals surface area contributed by atoms with Crippen molar-refractivity contribution in [1.82, 2.24) is 5.32 Å². The number of nitrogens with two attached hydrogens (primary N) is 1. The molecule has 4 heteroatoms. The Morgan fingerprint density at radius 2 is 2.30 bits per heavy atom. The molecule has 0 spiro atoms. The number of ether oxygens (including phenoxy) is 1. The summed E-state index contributed by atoms with van der Waals surface area (Å²) in [4.78, 5) is 11.5. The van der Waals surface area contributed by atoms with Gasteiger partial charge in [0.15, 0.2) is 0 Å². The predicted octanol–water partition coefficient (Wildman–Crippen LogP) is 2.32. The first kappa shape index (κ1) is 14.9. The Morgan fingerprint density at radius 1 is 1.50 bits per heavy atom. The van der Waals surface area contributed by atoms with Crippen LogP contribution in [0.1, 0.15) is 50.3 Å². The summed E-state index contributed by atoms with van der Waals surface area (Å²) < 4.78 is 5.66. The Kier molecular flexibility index (Phi) is 5.01. The molecule has 110 valence electrons. The number of carbonyl (C=O) groups excluding carboxylic acids is 1. The summed E-state index contributed by atoms with van der Waals surface area (Å²) in [5.74, 6) is 0.827. The molecule has 0 aliphatic heterocycles. The van der Waals surface area contributed by atoms with Crippen molar-refractivity contribution in [2.45, 2.75) is 51.6 Å². The molecule has 3 N–H and O–H groups in total. The topological polar surface area (TPSA) is 64.3 Å². The minimum Gasteiger partial charge on any atom is -0.493 e. The van der Waals surface area contributed by atoms with Crippen molar-refractivity contribution < 1.29 is 9.53 Å². The fraction of sp³-hybridized carbons (Fsp3) is 0.562. The molecule has 1 atom stereocenters. The van der Waals surface area contributed by atoms with Crippen LogP contribution in [-0.4, -0.2) is 18.6 Å². The summed E-state index contributed by atoms with van der Waals surface area (Å²) in [7, 11) is 0. The minimum absolute atomic E-state index is 0.0228. The molecule has 20 heavy (non-hydrogen) atoms. The fourth-order valence-corrected chi connectivity index (χ4v) is 2.56. The molecule has 1 aliphatic carbocycles. The van der Waals surface area contributed by atoms with Crippen LogP contribution in [0.2, 0.25) is 0 Å². The van der Waals surface area contributed by atoms with Crippen molar-refractivity contribution >= 4 is 5.91 Å². The Balaban J connectivity index is 1.88. The largest absolute Gasteiger partial charge is 0.493 e. The number of carbonyl (C=O) groups is 1. The first-order valence-electron chi connectivity index (χ1n) is 7.37. The number of rotatable bonds is 5. The molecular formula is C16H24N2O2. The Bertz CT molecular complexity index is 472. The highest BCUT2D eigenvalue weighted by Gasteiger charge is 2.17. The van der Waals surface area contributed by atoms with E-state index in [0.29, 0.717) is 13.0 Å². The summed E-state index contributed by atoms with van der Waals surface area (Å²) in [5, 5.41) is 2.85. The van der Waals surface area contributed by atoms with Crippen LogP contribution in [0.15, 0.2) is 18.2 Å². The van der Waals surface area contributed by atoms with Gasteiger partial charge in [-0.05, 0) is 56.4 Å². The third kappa shape index (κ3) is 3.97. The van der Waals surface area contributed by atoms with Gasteiger partial charge in [0.2, 0.25) is 5.91 Å². The lowest BCUT2D eigenvalue weighted by Gasteiger charge is -2.22. The maximum Gasteiger partial charge on any atom is 0.223 e. The SMILES string of the molecule is CC(C)NC(=O)CCOc1ccc2c(c1)[C@@H](N)CCC2.